The average Bonchev–Trinajstić information content (AvgIpc) is 2.79. The number of aromatic nitrogens is 3. The van der Waals surface area contributed by atoms with Crippen LogP contribution in [0.15, 0.2) is 29.4 Å². The molecule has 98 valence electrons. The van der Waals surface area contributed by atoms with E-state index < -0.39 is 11.8 Å². The van der Waals surface area contributed by atoms with Gasteiger partial charge in [0.25, 0.3) is 5.91 Å². The smallest absolute Gasteiger partial charge is 0.856 e. The first-order valence-electron chi connectivity index (χ1n) is 5.57. The van der Waals surface area contributed by atoms with Gasteiger partial charge in [0.05, 0.1) is 6.21 Å². The monoisotopic (exact) mass is 281 g/mol. The predicted molar refractivity (Wildman–Crippen MR) is 67.0 cm³/mol. The van der Waals surface area contributed by atoms with Gasteiger partial charge in [0.1, 0.15) is 0 Å². The fourth-order valence-corrected chi connectivity index (χ4v) is 1.38. The number of rotatable bonds is 3. The molecule has 8 heteroatoms. The van der Waals surface area contributed by atoms with E-state index in [0.717, 1.165) is 15.9 Å². The van der Waals surface area contributed by atoms with Gasteiger partial charge in [0.2, 0.25) is 0 Å². The summed E-state index contributed by atoms with van der Waals surface area (Å²) in [6, 6.07) is 7.58. The zero-order valence-corrected chi connectivity index (χ0v) is 13.5. The van der Waals surface area contributed by atoms with Crippen molar-refractivity contribution in [2.24, 2.45) is 5.10 Å². The number of hydrogen-bond acceptors (Lipinski definition) is 5. The van der Waals surface area contributed by atoms with Crippen molar-refractivity contribution in [1.29, 1.82) is 0 Å². The molecule has 1 N–H and O–H groups in total. The Morgan fingerprint density at radius 3 is 2.65 bits per heavy atom. The van der Waals surface area contributed by atoms with Crippen molar-refractivity contribution >= 4 is 12.1 Å². The summed E-state index contributed by atoms with van der Waals surface area (Å²) in [4.78, 5) is 12.1. The van der Waals surface area contributed by atoms with Crippen LogP contribution in [-0.2, 0) is 0 Å². The number of benzene rings is 1. The molecule has 0 saturated heterocycles. The number of amides is 1. The first kappa shape index (κ1) is 16.4. The van der Waals surface area contributed by atoms with Gasteiger partial charge in [-0.2, -0.15) is 5.10 Å². The average molecular weight is 281 g/mol. The zero-order chi connectivity index (χ0) is 13.8. The molecule has 0 aliphatic heterocycles. The number of carbonyl (C=O) groups is 1. The van der Waals surface area contributed by atoms with Crippen LogP contribution in [-0.4, -0.2) is 34.3 Å². The Bertz CT molecular complexity index is 621. The molecule has 20 heavy (non-hydrogen) atoms. The van der Waals surface area contributed by atoms with E-state index in [4.69, 9.17) is 0 Å². The fraction of sp³-hybridized carbons (Fsp3) is 0.167. The fourth-order valence-electron chi connectivity index (χ4n) is 1.38. The van der Waals surface area contributed by atoms with Crippen LogP contribution in [0.5, 0.6) is 5.88 Å². The van der Waals surface area contributed by atoms with E-state index in [-0.39, 0.29) is 35.3 Å². The maximum absolute atomic E-state index is 11.7. The maximum Gasteiger partial charge on any atom is 1.00 e. The number of carbonyl (C=O) groups excluding carboxylic acids is 1. The number of aryl methyl sites for hydroxylation is 1. The van der Waals surface area contributed by atoms with E-state index in [2.05, 4.69) is 20.7 Å². The van der Waals surface area contributed by atoms with Gasteiger partial charge in [-0.25, -0.2) is 0 Å². The molecule has 7 nitrogen and oxygen atoms in total. The Balaban J connectivity index is 0.00000200. The summed E-state index contributed by atoms with van der Waals surface area (Å²) in [5, 5.41) is 24.9. The van der Waals surface area contributed by atoms with Crippen molar-refractivity contribution in [3.63, 3.8) is 0 Å². The van der Waals surface area contributed by atoms with Gasteiger partial charge >= 0.3 is 29.6 Å². The van der Waals surface area contributed by atoms with E-state index in [1.807, 2.05) is 31.2 Å². The van der Waals surface area contributed by atoms with Crippen LogP contribution in [0, 0.1) is 6.92 Å². The van der Waals surface area contributed by atoms with Gasteiger partial charge in [0.15, 0.2) is 5.69 Å². The molecule has 0 fully saturated rings. The summed E-state index contributed by atoms with van der Waals surface area (Å²) in [6.45, 7) is 1.98. The molecule has 1 amide bonds. The number of nitrogens with zero attached hydrogens (tertiary/aromatic N) is 4. The molecule has 2 rings (SSSR count). The molecule has 1 aromatic carbocycles. The van der Waals surface area contributed by atoms with Crippen LogP contribution in [0.25, 0.3) is 0 Å². The van der Waals surface area contributed by atoms with Crippen LogP contribution in [0.2, 0.25) is 0 Å². The summed E-state index contributed by atoms with van der Waals surface area (Å²) in [6.07, 6.45) is 1.48. The Labute approximate surface area is 138 Å². The van der Waals surface area contributed by atoms with E-state index in [9.17, 15) is 9.90 Å². The van der Waals surface area contributed by atoms with Crippen molar-refractivity contribution in [3.8, 4) is 5.88 Å². The Morgan fingerprint density at radius 1 is 1.40 bits per heavy atom. The van der Waals surface area contributed by atoms with Gasteiger partial charge in [-0.1, -0.05) is 29.8 Å². The largest absolute Gasteiger partial charge is 1.00 e. The summed E-state index contributed by atoms with van der Waals surface area (Å²) in [5.74, 6) is -1.23. The third-order valence-electron chi connectivity index (χ3n) is 2.45. The summed E-state index contributed by atoms with van der Waals surface area (Å²) < 4.78 is 0. The standard InChI is InChI=1S/C12H13N5O2.Na/c1-8-3-5-9(6-4-8)7-14-17-12(19)10(15-16-17)11(18)13-2;/h3-7,19H,1-2H3,(H,13,18);/q;+1/p-1/b14-7+;. The Kier molecular flexibility index (Phi) is 5.87. The van der Waals surface area contributed by atoms with Crippen LogP contribution in [0.1, 0.15) is 21.6 Å². The maximum atomic E-state index is 11.7. The predicted octanol–water partition coefficient (Wildman–Crippen LogP) is -3.09. The van der Waals surface area contributed by atoms with Crippen LogP contribution >= 0.6 is 0 Å². The summed E-state index contributed by atoms with van der Waals surface area (Å²) >= 11 is 0. The third kappa shape index (κ3) is 3.66. The van der Waals surface area contributed by atoms with Crippen molar-refractivity contribution < 1.29 is 39.5 Å². The van der Waals surface area contributed by atoms with Crippen LogP contribution < -0.4 is 40.0 Å². The third-order valence-corrected chi connectivity index (χ3v) is 2.45. The molecule has 0 atom stereocenters. The van der Waals surface area contributed by atoms with Gasteiger partial charge in [0, 0.05) is 12.9 Å². The van der Waals surface area contributed by atoms with Crippen LogP contribution in [0.3, 0.4) is 0 Å². The molecule has 1 heterocycles. The van der Waals surface area contributed by atoms with Gasteiger partial charge in [-0.3, -0.25) is 4.79 Å². The summed E-state index contributed by atoms with van der Waals surface area (Å²) in [5.41, 5.74) is 1.68. The SMILES string of the molecule is CNC(=O)c1nnn(/N=C/c2ccc(C)cc2)c1[O-].[Na+]. The van der Waals surface area contributed by atoms with Gasteiger partial charge in [-0.15, -0.1) is 9.89 Å². The molecular formula is C12H12N5NaO2. The normalized spacial score (nSPS) is 10.3. The second-order valence-corrected chi connectivity index (χ2v) is 3.87. The first-order chi connectivity index (χ1) is 9.11. The van der Waals surface area contributed by atoms with Crippen LogP contribution in [0.4, 0.5) is 0 Å². The summed E-state index contributed by atoms with van der Waals surface area (Å²) in [7, 11) is 1.41. The van der Waals surface area contributed by atoms with E-state index in [1.165, 1.54) is 13.3 Å². The van der Waals surface area contributed by atoms with Crippen molar-refractivity contribution in [2.45, 2.75) is 6.92 Å². The van der Waals surface area contributed by atoms with E-state index in [1.54, 1.807) is 0 Å². The van der Waals surface area contributed by atoms with E-state index in [0.29, 0.717) is 0 Å². The van der Waals surface area contributed by atoms with Crippen molar-refractivity contribution in [1.82, 2.24) is 20.4 Å². The molecule has 0 aliphatic carbocycles. The minimum atomic E-state index is -0.650. The molecule has 0 spiro atoms. The molecule has 0 bridgehead atoms. The zero-order valence-electron chi connectivity index (χ0n) is 11.5. The second kappa shape index (κ2) is 7.18. The molecule has 0 unspecified atom stereocenters. The molecule has 2 aromatic rings. The molecule has 0 aliphatic rings. The van der Waals surface area contributed by atoms with Crippen molar-refractivity contribution in [2.75, 3.05) is 7.05 Å². The molecule has 0 saturated carbocycles. The molecule has 1 aromatic heterocycles. The topological polar surface area (TPSA) is 95.2 Å². The molecule has 0 radical (unpaired) electrons. The number of nitrogens with one attached hydrogen (secondary N) is 1. The molecular weight excluding hydrogens is 269 g/mol. The number of hydrogen-bond donors (Lipinski definition) is 1. The minimum Gasteiger partial charge on any atom is -0.856 e. The van der Waals surface area contributed by atoms with Gasteiger partial charge in [-0.05, 0) is 17.7 Å². The van der Waals surface area contributed by atoms with E-state index >= 15 is 0 Å². The first-order valence-corrected chi connectivity index (χ1v) is 5.57. The Morgan fingerprint density at radius 2 is 2.05 bits per heavy atom. The van der Waals surface area contributed by atoms with Gasteiger partial charge < -0.3 is 10.4 Å². The second-order valence-electron chi connectivity index (χ2n) is 3.87. The van der Waals surface area contributed by atoms with Crippen molar-refractivity contribution in [3.05, 3.63) is 41.1 Å². The quantitative estimate of drug-likeness (QED) is 0.476. The Hall–Kier alpha value is -1.70. The minimum absolute atomic E-state index is 0.